The number of carbonyl (C=O) groups excluding carboxylic acids is 2. The van der Waals surface area contributed by atoms with Crippen molar-refractivity contribution >= 4 is 23.5 Å². The highest BCUT2D eigenvalue weighted by molar-refractivity contribution is 6.09. The molecule has 4 heterocycles. The van der Waals surface area contributed by atoms with E-state index in [1.165, 1.54) is 6.07 Å². The van der Waals surface area contributed by atoms with E-state index in [9.17, 15) is 23.8 Å². The van der Waals surface area contributed by atoms with Crippen LogP contribution in [0.25, 0.3) is 11.1 Å². The molecule has 12 heteroatoms. The van der Waals surface area contributed by atoms with Crippen molar-refractivity contribution in [3.63, 3.8) is 0 Å². The molecule has 0 atom stereocenters. The number of amides is 3. The number of piperidine rings is 1. The van der Waals surface area contributed by atoms with Gasteiger partial charge in [-0.3, -0.25) is 14.9 Å². The summed E-state index contributed by atoms with van der Waals surface area (Å²) in [4.78, 5) is 30.7. The van der Waals surface area contributed by atoms with Gasteiger partial charge < -0.3 is 25.3 Å². The van der Waals surface area contributed by atoms with Gasteiger partial charge in [-0.2, -0.15) is 5.10 Å². The summed E-state index contributed by atoms with van der Waals surface area (Å²) in [5, 5.41) is 20.0. The number of hydrogen-bond acceptors (Lipinski definition) is 5. The summed E-state index contributed by atoms with van der Waals surface area (Å²) in [5.74, 6) is 0.720. The highest BCUT2D eigenvalue weighted by Gasteiger charge is 2.36. The first-order chi connectivity index (χ1) is 20.7. The lowest BCUT2D eigenvalue weighted by atomic mass is 9.92. The highest BCUT2D eigenvalue weighted by Crippen LogP contribution is 2.40. The van der Waals surface area contributed by atoms with Gasteiger partial charge in [0.05, 0.1) is 12.7 Å². The third-order valence-electron chi connectivity index (χ3n) is 9.13. The fourth-order valence-electron chi connectivity index (χ4n) is 6.59. The van der Waals surface area contributed by atoms with Crippen molar-refractivity contribution in [1.82, 2.24) is 30.2 Å². The van der Waals surface area contributed by atoms with Crippen molar-refractivity contribution in [3.8, 4) is 11.1 Å². The molecule has 4 aliphatic rings. The Labute approximate surface area is 250 Å². The van der Waals surface area contributed by atoms with Crippen LogP contribution in [0.4, 0.5) is 19.3 Å². The number of urea groups is 1. The molecular formula is C31H40F2N8O2. The molecule has 2 aromatic rings. The summed E-state index contributed by atoms with van der Waals surface area (Å²) in [6.07, 6.45) is 6.36. The molecule has 1 aromatic heterocycles. The molecule has 3 N–H and O–H groups in total. The number of anilines is 1. The summed E-state index contributed by atoms with van der Waals surface area (Å²) in [5.41, 5.74) is 4.18. The topological polar surface area (TPSA) is 110 Å². The number of halogens is 2. The van der Waals surface area contributed by atoms with Crippen LogP contribution in [0.2, 0.25) is 0 Å². The zero-order valence-electron chi connectivity index (χ0n) is 24.8. The number of benzene rings is 1. The number of aromatic nitrogens is 2. The van der Waals surface area contributed by atoms with Gasteiger partial charge in [0, 0.05) is 92.9 Å². The van der Waals surface area contributed by atoms with Crippen LogP contribution in [0.1, 0.15) is 56.1 Å². The lowest BCUT2D eigenvalue weighted by molar-refractivity contribution is -0.133. The molecule has 43 heavy (non-hydrogen) atoms. The average molecular weight is 595 g/mol. The summed E-state index contributed by atoms with van der Waals surface area (Å²) in [6.45, 7) is 2.72. The number of amidine groups is 1. The zero-order chi connectivity index (χ0) is 30.2. The largest absolute Gasteiger partial charge is 0.385 e. The van der Waals surface area contributed by atoms with Gasteiger partial charge >= 0.3 is 6.03 Å². The molecular weight excluding hydrogens is 554 g/mol. The normalized spacial score (nSPS) is 19.5. The van der Waals surface area contributed by atoms with Crippen LogP contribution in [0.3, 0.4) is 0 Å². The number of fused-ring (bicyclic) bond motifs is 1. The molecule has 0 spiro atoms. The summed E-state index contributed by atoms with van der Waals surface area (Å²) < 4.78 is 30.4. The number of aryl methyl sites for hydroxylation is 2. The van der Waals surface area contributed by atoms with Crippen LogP contribution in [0, 0.1) is 11.3 Å². The third-order valence-corrected chi connectivity index (χ3v) is 9.13. The Morgan fingerprint density at radius 2 is 1.81 bits per heavy atom. The maximum Gasteiger partial charge on any atom is 0.317 e. The first-order valence-electron chi connectivity index (χ1n) is 15.3. The van der Waals surface area contributed by atoms with Gasteiger partial charge in [-0.05, 0) is 61.8 Å². The molecule has 1 saturated heterocycles. The Hall–Kier alpha value is -3.96. The molecule has 3 amide bonds. The third kappa shape index (κ3) is 5.96. The maximum absolute atomic E-state index is 14.4. The molecule has 0 radical (unpaired) electrons. The number of alkyl halides is 2. The van der Waals surface area contributed by atoms with Crippen molar-refractivity contribution in [3.05, 3.63) is 46.9 Å². The van der Waals surface area contributed by atoms with Crippen LogP contribution < -0.4 is 15.5 Å². The van der Waals surface area contributed by atoms with Crippen LogP contribution in [-0.2, 0) is 18.3 Å². The summed E-state index contributed by atoms with van der Waals surface area (Å²) in [6, 6.07) is 3.32. The minimum absolute atomic E-state index is 0.0816. The smallest absolute Gasteiger partial charge is 0.317 e. The summed E-state index contributed by atoms with van der Waals surface area (Å²) in [7, 11) is 3.35. The second-order valence-corrected chi connectivity index (χ2v) is 12.1. The van der Waals surface area contributed by atoms with Crippen molar-refractivity contribution < 1.29 is 18.4 Å². The van der Waals surface area contributed by atoms with Gasteiger partial charge in [-0.15, -0.1) is 0 Å². The number of hydrogen-bond donors (Lipinski definition) is 3. The SMILES string of the molecule is CNC(=O)N1CCC(NC2CCN(C(=O)C3CC3)CC2)=C(C(=N)N2CCCc3cc(-c4cnn(C)c4)c(C(F)F)cc32)C1. The lowest BCUT2D eigenvalue weighted by Crippen LogP contribution is -2.50. The molecule has 10 nitrogen and oxygen atoms in total. The number of rotatable bonds is 6. The Morgan fingerprint density at radius 1 is 1.05 bits per heavy atom. The van der Waals surface area contributed by atoms with Gasteiger partial charge in [-0.25, -0.2) is 13.6 Å². The van der Waals surface area contributed by atoms with E-state index in [2.05, 4.69) is 15.7 Å². The minimum atomic E-state index is -2.69. The second kappa shape index (κ2) is 12.0. The van der Waals surface area contributed by atoms with E-state index >= 15 is 0 Å². The Balaban J connectivity index is 1.29. The molecule has 0 unspecified atom stereocenters. The number of carbonyl (C=O) groups is 2. The van der Waals surface area contributed by atoms with Crippen molar-refractivity contribution in [2.75, 3.05) is 44.7 Å². The molecule has 0 bridgehead atoms. The van der Waals surface area contributed by atoms with Crippen molar-refractivity contribution in [1.29, 1.82) is 5.41 Å². The van der Waals surface area contributed by atoms with Crippen LogP contribution >= 0.6 is 0 Å². The quantitative estimate of drug-likeness (QED) is 0.346. The fraction of sp³-hybridized carbons (Fsp3) is 0.548. The van der Waals surface area contributed by atoms with E-state index in [4.69, 9.17) is 0 Å². The molecule has 6 rings (SSSR count). The van der Waals surface area contributed by atoms with E-state index in [0.29, 0.717) is 55.0 Å². The van der Waals surface area contributed by atoms with Gasteiger partial charge in [0.15, 0.2) is 0 Å². The predicted molar refractivity (Wildman–Crippen MR) is 160 cm³/mol. The summed E-state index contributed by atoms with van der Waals surface area (Å²) >= 11 is 0. The second-order valence-electron chi connectivity index (χ2n) is 12.1. The van der Waals surface area contributed by atoms with E-state index in [-0.39, 0.29) is 41.8 Å². The first kappa shape index (κ1) is 29.1. The monoisotopic (exact) mass is 594 g/mol. The average Bonchev–Trinajstić information content (AvgIpc) is 3.79. The van der Waals surface area contributed by atoms with Gasteiger partial charge in [0.1, 0.15) is 5.84 Å². The van der Waals surface area contributed by atoms with Gasteiger partial charge in [0.25, 0.3) is 6.43 Å². The molecule has 1 aliphatic carbocycles. The Bertz CT molecular complexity index is 1440. The van der Waals surface area contributed by atoms with E-state index in [1.54, 1.807) is 36.1 Å². The lowest BCUT2D eigenvalue weighted by Gasteiger charge is -2.39. The number of nitrogens with zero attached hydrogens (tertiary/aromatic N) is 5. The highest BCUT2D eigenvalue weighted by atomic mass is 19.3. The maximum atomic E-state index is 14.4. The van der Waals surface area contributed by atoms with E-state index < -0.39 is 6.43 Å². The standard InChI is InChI=1S/C31H40F2N8O2/c1-35-31(43)40-13-9-26(37-22-7-11-39(12-8-22)30(42)19-5-6-19)25(18-40)29(34)41-10-3-4-20-14-23(21-16-36-38(2)17-21)24(28(32)33)15-27(20)41/h14-17,19,22,28,34,37H,3-13,18H2,1-2H3,(H,35,43). The fourth-order valence-corrected chi connectivity index (χ4v) is 6.59. The minimum Gasteiger partial charge on any atom is -0.385 e. The zero-order valence-corrected chi connectivity index (χ0v) is 24.8. The molecule has 1 saturated carbocycles. The van der Waals surface area contributed by atoms with Crippen molar-refractivity contribution in [2.45, 2.75) is 57.4 Å². The molecule has 1 aromatic carbocycles. The molecule has 230 valence electrons. The van der Waals surface area contributed by atoms with Crippen LogP contribution in [0.5, 0.6) is 0 Å². The van der Waals surface area contributed by atoms with Crippen LogP contribution in [-0.4, -0.2) is 83.2 Å². The Morgan fingerprint density at radius 3 is 2.47 bits per heavy atom. The number of nitrogens with one attached hydrogen (secondary N) is 3. The van der Waals surface area contributed by atoms with E-state index in [0.717, 1.165) is 49.8 Å². The first-order valence-corrected chi connectivity index (χ1v) is 15.3. The van der Waals surface area contributed by atoms with Crippen LogP contribution in [0.15, 0.2) is 35.8 Å². The number of likely N-dealkylation sites (tertiary alicyclic amines) is 1. The Kier molecular flexibility index (Phi) is 8.11. The van der Waals surface area contributed by atoms with Gasteiger partial charge in [-0.1, -0.05) is 0 Å². The molecule has 3 aliphatic heterocycles. The van der Waals surface area contributed by atoms with E-state index in [1.807, 2.05) is 15.9 Å². The molecule has 2 fully saturated rings. The predicted octanol–water partition coefficient (Wildman–Crippen LogP) is 4.04. The van der Waals surface area contributed by atoms with Crippen molar-refractivity contribution in [2.24, 2.45) is 13.0 Å². The van der Waals surface area contributed by atoms with Gasteiger partial charge in [0.2, 0.25) is 5.91 Å².